The summed E-state index contributed by atoms with van der Waals surface area (Å²) < 4.78 is 38.3. The molecule has 0 bridgehead atoms. The van der Waals surface area contributed by atoms with E-state index in [0.29, 0.717) is 12.8 Å². The van der Waals surface area contributed by atoms with Crippen LogP contribution < -0.4 is 4.74 Å². The zero-order valence-corrected chi connectivity index (χ0v) is 15.1. The summed E-state index contributed by atoms with van der Waals surface area (Å²) in [6.45, 7) is 2.91. The van der Waals surface area contributed by atoms with Crippen LogP contribution in [-0.4, -0.2) is 18.7 Å². The highest BCUT2D eigenvalue weighted by Gasteiger charge is 2.29. The van der Waals surface area contributed by atoms with Crippen LogP contribution in [0.5, 0.6) is 5.75 Å². The Morgan fingerprint density at radius 1 is 1.15 bits per heavy atom. The highest BCUT2D eigenvalue weighted by atomic mass is 19.2. The Hall–Kier alpha value is -2.00. The minimum atomic E-state index is -1.30. The highest BCUT2D eigenvalue weighted by Crippen LogP contribution is 2.29. The van der Waals surface area contributed by atoms with Gasteiger partial charge in [-0.2, -0.15) is 9.65 Å². The zero-order chi connectivity index (χ0) is 18.9. The molecule has 0 aromatic heterocycles. The Morgan fingerprint density at radius 2 is 1.88 bits per heavy atom. The number of esters is 1. The summed E-state index contributed by atoms with van der Waals surface area (Å²) in [5.74, 6) is -3.97. The van der Waals surface area contributed by atoms with Gasteiger partial charge in [0.15, 0.2) is 11.6 Å². The number of carbonyl (C=O) groups is 1. The summed E-state index contributed by atoms with van der Waals surface area (Å²) in [4.78, 5) is 12.2. The van der Waals surface area contributed by atoms with Gasteiger partial charge in [-0.3, -0.25) is 4.79 Å². The van der Waals surface area contributed by atoms with Crippen molar-refractivity contribution in [2.75, 3.05) is 6.61 Å². The van der Waals surface area contributed by atoms with Crippen molar-refractivity contribution >= 4 is 5.97 Å². The van der Waals surface area contributed by atoms with Crippen molar-refractivity contribution in [3.63, 3.8) is 0 Å². The van der Waals surface area contributed by atoms with Crippen molar-refractivity contribution < 1.29 is 23.0 Å². The molecule has 142 valence electrons. The Labute approximate surface area is 153 Å². The molecular formula is C20H25F2NO3. The van der Waals surface area contributed by atoms with Crippen molar-refractivity contribution in [3.8, 4) is 11.8 Å². The van der Waals surface area contributed by atoms with E-state index in [1.165, 1.54) is 19.3 Å². The molecule has 4 nitrogen and oxygen atoms in total. The van der Waals surface area contributed by atoms with Crippen LogP contribution >= 0.6 is 0 Å². The Balaban J connectivity index is 1.78. The highest BCUT2D eigenvalue weighted by molar-refractivity contribution is 5.75. The summed E-state index contributed by atoms with van der Waals surface area (Å²) >= 11 is 0. The first-order valence-corrected chi connectivity index (χ1v) is 9.28. The molecule has 1 aliphatic rings. The number of carbonyl (C=O) groups excluding carboxylic acids is 1. The van der Waals surface area contributed by atoms with Gasteiger partial charge in [-0.1, -0.05) is 26.2 Å². The van der Waals surface area contributed by atoms with Crippen molar-refractivity contribution in [2.45, 2.75) is 64.4 Å². The van der Waals surface area contributed by atoms with E-state index in [0.717, 1.165) is 38.0 Å². The van der Waals surface area contributed by atoms with Crippen LogP contribution in [0.15, 0.2) is 12.1 Å². The monoisotopic (exact) mass is 365 g/mol. The fourth-order valence-corrected chi connectivity index (χ4v) is 3.13. The van der Waals surface area contributed by atoms with Crippen molar-refractivity contribution in [3.05, 3.63) is 29.3 Å². The van der Waals surface area contributed by atoms with Gasteiger partial charge in [-0.05, 0) is 44.2 Å². The SMILES string of the molecule is CCCCCCOC1CCC(C(=O)Oc2ccc(C#N)c(F)c2F)CC1. The van der Waals surface area contributed by atoms with Crippen molar-refractivity contribution in [1.29, 1.82) is 5.26 Å². The van der Waals surface area contributed by atoms with Gasteiger partial charge >= 0.3 is 5.97 Å². The first-order valence-electron chi connectivity index (χ1n) is 9.28. The third kappa shape index (κ3) is 5.50. The number of nitriles is 1. The van der Waals surface area contributed by atoms with Gasteiger partial charge in [0, 0.05) is 6.61 Å². The van der Waals surface area contributed by atoms with Crippen LogP contribution in [0.3, 0.4) is 0 Å². The lowest BCUT2D eigenvalue weighted by Crippen LogP contribution is -2.29. The van der Waals surface area contributed by atoms with Crippen LogP contribution in [0.4, 0.5) is 8.78 Å². The van der Waals surface area contributed by atoms with E-state index in [1.807, 2.05) is 0 Å². The lowest BCUT2D eigenvalue weighted by molar-refractivity contribution is -0.141. The molecule has 0 aliphatic heterocycles. The maximum absolute atomic E-state index is 13.8. The van der Waals surface area contributed by atoms with Gasteiger partial charge in [-0.25, -0.2) is 4.39 Å². The number of unbranched alkanes of at least 4 members (excludes halogenated alkanes) is 3. The molecule has 1 aliphatic carbocycles. The summed E-state index contributed by atoms with van der Waals surface area (Å²) in [6, 6.07) is 3.76. The minimum Gasteiger partial charge on any atom is -0.423 e. The lowest BCUT2D eigenvalue weighted by atomic mass is 9.87. The number of ether oxygens (including phenoxy) is 2. The molecule has 0 amide bonds. The van der Waals surface area contributed by atoms with Crippen molar-refractivity contribution in [2.24, 2.45) is 5.92 Å². The van der Waals surface area contributed by atoms with Crippen LogP contribution in [0.2, 0.25) is 0 Å². The second-order valence-electron chi connectivity index (χ2n) is 6.68. The number of hydrogen-bond acceptors (Lipinski definition) is 4. The number of nitrogens with zero attached hydrogens (tertiary/aromatic N) is 1. The molecule has 0 atom stereocenters. The summed E-state index contributed by atoms with van der Waals surface area (Å²) in [7, 11) is 0. The van der Waals surface area contributed by atoms with E-state index in [-0.39, 0.29) is 12.0 Å². The average molecular weight is 365 g/mol. The summed E-state index contributed by atoms with van der Waals surface area (Å²) in [5, 5.41) is 8.67. The smallest absolute Gasteiger partial charge is 0.314 e. The predicted octanol–water partition coefficient (Wildman–Crippen LogP) is 4.90. The fourth-order valence-electron chi connectivity index (χ4n) is 3.13. The summed E-state index contributed by atoms with van der Waals surface area (Å²) in [5.41, 5.74) is -0.418. The molecule has 2 rings (SSSR count). The van der Waals surface area contributed by atoms with Gasteiger partial charge in [0.1, 0.15) is 6.07 Å². The topological polar surface area (TPSA) is 59.3 Å². The number of hydrogen-bond donors (Lipinski definition) is 0. The third-order valence-corrected chi connectivity index (χ3v) is 4.74. The minimum absolute atomic E-state index is 0.157. The third-order valence-electron chi connectivity index (χ3n) is 4.74. The Kier molecular flexibility index (Phi) is 7.99. The standard InChI is InChI=1S/C20H25F2NO3/c1-2-3-4-5-12-25-16-9-6-14(7-10-16)20(24)26-17-11-8-15(13-23)18(21)19(17)22/h8,11,14,16H,2-7,9-10,12H2,1H3. The largest absolute Gasteiger partial charge is 0.423 e. The van der Waals surface area contributed by atoms with Crippen LogP contribution in [0, 0.1) is 28.9 Å². The van der Waals surface area contributed by atoms with E-state index in [1.54, 1.807) is 6.07 Å². The number of halogens is 2. The number of benzene rings is 1. The van der Waals surface area contributed by atoms with E-state index in [9.17, 15) is 13.6 Å². The van der Waals surface area contributed by atoms with Crippen LogP contribution in [0.25, 0.3) is 0 Å². The molecular weight excluding hydrogens is 340 g/mol. The molecule has 1 aromatic rings. The molecule has 0 N–H and O–H groups in total. The molecule has 0 radical (unpaired) electrons. The number of rotatable bonds is 8. The quantitative estimate of drug-likeness (QED) is 0.374. The summed E-state index contributed by atoms with van der Waals surface area (Å²) in [6.07, 6.45) is 7.53. The molecule has 0 unspecified atom stereocenters. The molecule has 26 heavy (non-hydrogen) atoms. The molecule has 0 spiro atoms. The first kappa shape index (κ1) is 20.3. The molecule has 0 saturated heterocycles. The van der Waals surface area contributed by atoms with E-state index < -0.39 is 28.9 Å². The molecule has 0 heterocycles. The molecule has 6 heteroatoms. The zero-order valence-electron chi connectivity index (χ0n) is 15.1. The molecule has 1 saturated carbocycles. The maximum atomic E-state index is 13.8. The average Bonchev–Trinajstić information content (AvgIpc) is 2.66. The normalized spacial score (nSPS) is 19.8. The van der Waals surface area contributed by atoms with Gasteiger partial charge in [0.2, 0.25) is 5.82 Å². The second-order valence-corrected chi connectivity index (χ2v) is 6.68. The Morgan fingerprint density at radius 3 is 2.54 bits per heavy atom. The lowest BCUT2D eigenvalue weighted by Gasteiger charge is -2.27. The second kappa shape index (κ2) is 10.2. The van der Waals surface area contributed by atoms with E-state index in [4.69, 9.17) is 14.7 Å². The maximum Gasteiger partial charge on any atom is 0.314 e. The molecule has 1 fully saturated rings. The molecule has 1 aromatic carbocycles. The van der Waals surface area contributed by atoms with Gasteiger partial charge in [0.05, 0.1) is 17.6 Å². The van der Waals surface area contributed by atoms with E-state index >= 15 is 0 Å². The van der Waals surface area contributed by atoms with Crippen LogP contribution in [-0.2, 0) is 9.53 Å². The van der Waals surface area contributed by atoms with Gasteiger partial charge in [0.25, 0.3) is 0 Å². The first-order chi connectivity index (χ1) is 12.6. The van der Waals surface area contributed by atoms with Crippen LogP contribution in [0.1, 0.15) is 63.9 Å². The van der Waals surface area contributed by atoms with E-state index in [2.05, 4.69) is 6.92 Å². The van der Waals surface area contributed by atoms with Gasteiger partial charge < -0.3 is 9.47 Å². The fraction of sp³-hybridized carbons (Fsp3) is 0.600. The predicted molar refractivity (Wildman–Crippen MR) is 92.5 cm³/mol. The van der Waals surface area contributed by atoms with Gasteiger partial charge in [-0.15, -0.1) is 0 Å². The Bertz CT molecular complexity index is 649. The van der Waals surface area contributed by atoms with Crippen molar-refractivity contribution in [1.82, 2.24) is 0 Å².